The van der Waals surface area contributed by atoms with Gasteiger partial charge < -0.3 is 5.32 Å². The number of aromatic nitrogens is 1. The van der Waals surface area contributed by atoms with Gasteiger partial charge in [0.05, 0.1) is 21.8 Å². The monoisotopic (exact) mass is 325 g/mol. The summed E-state index contributed by atoms with van der Waals surface area (Å²) in [6.45, 7) is 1.91. The number of halogens is 2. The van der Waals surface area contributed by atoms with Crippen LogP contribution in [0.4, 0.5) is 10.1 Å². The van der Waals surface area contributed by atoms with Crippen molar-refractivity contribution in [1.29, 1.82) is 5.26 Å². The summed E-state index contributed by atoms with van der Waals surface area (Å²) in [5.41, 5.74) is 0.628. The maximum absolute atomic E-state index is 14.0. The van der Waals surface area contributed by atoms with E-state index in [4.69, 9.17) is 5.26 Å². The molecular weight excluding hydrogens is 317 g/mol. The van der Waals surface area contributed by atoms with Crippen molar-refractivity contribution in [3.05, 3.63) is 44.6 Å². The van der Waals surface area contributed by atoms with Gasteiger partial charge >= 0.3 is 0 Å². The van der Waals surface area contributed by atoms with Crippen LogP contribution in [0.15, 0.2) is 28.2 Å². The van der Waals surface area contributed by atoms with E-state index in [2.05, 4.69) is 26.2 Å². The predicted molar refractivity (Wildman–Crippen MR) is 73.0 cm³/mol. The van der Waals surface area contributed by atoms with E-state index in [0.29, 0.717) is 5.69 Å². The second-order valence-electron chi connectivity index (χ2n) is 3.64. The lowest BCUT2D eigenvalue weighted by molar-refractivity contribution is 0.620. The van der Waals surface area contributed by atoms with Gasteiger partial charge in [0.25, 0.3) is 0 Å². The number of nitrogens with one attached hydrogen (secondary N) is 1. The Balaban J connectivity index is 2.26. The Morgan fingerprint density at radius 1 is 1.56 bits per heavy atom. The Hall–Kier alpha value is -1.45. The fraction of sp³-hybridized carbons (Fsp3) is 0.167. The number of nitrogens with zero attached hydrogens (tertiary/aromatic N) is 2. The van der Waals surface area contributed by atoms with Crippen molar-refractivity contribution in [2.45, 2.75) is 13.0 Å². The summed E-state index contributed by atoms with van der Waals surface area (Å²) >= 11 is 4.59. The molecule has 0 aliphatic heterocycles. The van der Waals surface area contributed by atoms with Crippen LogP contribution >= 0.6 is 27.3 Å². The average Bonchev–Trinajstić information content (AvgIpc) is 2.89. The number of rotatable bonds is 3. The SMILES string of the molecule is CC(Nc1ccc(C#N)c(Br)c1F)c1nccs1. The largest absolute Gasteiger partial charge is 0.374 e. The summed E-state index contributed by atoms with van der Waals surface area (Å²) < 4.78 is 14.2. The van der Waals surface area contributed by atoms with Gasteiger partial charge in [-0.15, -0.1) is 11.3 Å². The van der Waals surface area contributed by atoms with Crippen LogP contribution in [0.5, 0.6) is 0 Å². The van der Waals surface area contributed by atoms with E-state index in [1.54, 1.807) is 18.3 Å². The smallest absolute Gasteiger partial charge is 0.161 e. The topological polar surface area (TPSA) is 48.7 Å². The molecule has 1 unspecified atom stereocenters. The molecule has 2 rings (SSSR count). The van der Waals surface area contributed by atoms with Crippen LogP contribution in [0, 0.1) is 17.1 Å². The quantitative estimate of drug-likeness (QED) is 0.924. The van der Waals surface area contributed by atoms with Gasteiger partial charge in [-0.3, -0.25) is 0 Å². The molecule has 0 saturated carbocycles. The highest BCUT2D eigenvalue weighted by Crippen LogP contribution is 2.29. The van der Waals surface area contributed by atoms with Gasteiger partial charge in [0.1, 0.15) is 11.1 Å². The van der Waals surface area contributed by atoms with Gasteiger partial charge in [-0.2, -0.15) is 5.26 Å². The van der Waals surface area contributed by atoms with Crippen molar-refractivity contribution in [3.8, 4) is 6.07 Å². The van der Waals surface area contributed by atoms with Crippen molar-refractivity contribution in [1.82, 2.24) is 4.98 Å². The third-order valence-corrected chi connectivity index (χ3v) is 4.13. The molecule has 1 aromatic carbocycles. The molecule has 18 heavy (non-hydrogen) atoms. The average molecular weight is 326 g/mol. The molecule has 1 aromatic heterocycles. The molecule has 0 aliphatic rings. The van der Waals surface area contributed by atoms with E-state index in [0.717, 1.165) is 5.01 Å². The zero-order valence-corrected chi connectivity index (χ0v) is 11.8. The number of thiazole rings is 1. The first-order valence-corrected chi connectivity index (χ1v) is 6.84. The number of anilines is 1. The van der Waals surface area contributed by atoms with Crippen molar-refractivity contribution in [2.75, 3.05) is 5.32 Å². The molecule has 6 heteroatoms. The summed E-state index contributed by atoms with van der Waals surface area (Å²) in [5, 5.41) is 14.6. The van der Waals surface area contributed by atoms with E-state index in [1.165, 1.54) is 11.3 Å². The second kappa shape index (κ2) is 5.46. The van der Waals surface area contributed by atoms with E-state index in [-0.39, 0.29) is 16.1 Å². The lowest BCUT2D eigenvalue weighted by Crippen LogP contribution is -2.08. The van der Waals surface area contributed by atoms with E-state index < -0.39 is 5.82 Å². The molecule has 0 aliphatic carbocycles. The first kappa shape index (κ1) is 13.0. The first-order chi connectivity index (χ1) is 8.63. The maximum atomic E-state index is 14.0. The van der Waals surface area contributed by atoms with Crippen LogP contribution in [0.3, 0.4) is 0 Å². The summed E-state index contributed by atoms with van der Waals surface area (Å²) in [4.78, 5) is 4.17. The third kappa shape index (κ3) is 2.52. The van der Waals surface area contributed by atoms with Crippen LogP contribution in [-0.2, 0) is 0 Å². The third-order valence-electron chi connectivity index (χ3n) is 2.40. The van der Waals surface area contributed by atoms with Gasteiger partial charge in [-0.25, -0.2) is 9.37 Å². The predicted octanol–water partition coefficient (Wildman–Crippen LogP) is 4.09. The van der Waals surface area contributed by atoms with E-state index >= 15 is 0 Å². The molecule has 0 bridgehead atoms. The van der Waals surface area contributed by atoms with Crippen molar-refractivity contribution in [3.63, 3.8) is 0 Å². The molecule has 0 saturated heterocycles. The van der Waals surface area contributed by atoms with Crippen LogP contribution in [0.25, 0.3) is 0 Å². The van der Waals surface area contributed by atoms with Crippen LogP contribution < -0.4 is 5.32 Å². The van der Waals surface area contributed by atoms with Gasteiger partial charge in [-0.1, -0.05) is 0 Å². The van der Waals surface area contributed by atoms with Crippen molar-refractivity contribution < 1.29 is 4.39 Å². The molecule has 0 fully saturated rings. The number of nitriles is 1. The standard InChI is InChI=1S/C12H9BrFN3S/c1-7(12-16-4-5-18-12)17-9-3-2-8(6-15)10(13)11(9)14/h2-5,7,17H,1H3. The first-order valence-electron chi connectivity index (χ1n) is 5.17. The molecule has 1 heterocycles. The number of benzene rings is 1. The highest BCUT2D eigenvalue weighted by molar-refractivity contribution is 9.10. The minimum atomic E-state index is -0.461. The zero-order chi connectivity index (χ0) is 13.1. The van der Waals surface area contributed by atoms with Crippen molar-refractivity contribution >= 4 is 33.0 Å². The van der Waals surface area contributed by atoms with Crippen molar-refractivity contribution in [2.24, 2.45) is 0 Å². The zero-order valence-electron chi connectivity index (χ0n) is 9.45. The van der Waals surface area contributed by atoms with Crippen LogP contribution in [0.2, 0.25) is 0 Å². The lowest BCUT2D eigenvalue weighted by Gasteiger charge is -2.14. The van der Waals surface area contributed by atoms with Crippen LogP contribution in [-0.4, -0.2) is 4.98 Å². The van der Waals surface area contributed by atoms with Gasteiger partial charge in [0, 0.05) is 11.6 Å². The normalized spacial score (nSPS) is 11.9. The fourth-order valence-corrected chi connectivity index (χ4v) is 2.57. The molecule has 1 N–H and O–H groups in total. The van der Waals surface area contributed by atoms with E-state index in [9.17, 15) is 4.39 Å². The number of hydrogen-bond donors (Lipinski definition) is 1. The summed E-state index contributed by atoms with van der Waals surface area (Å²) in [7, 11) is 0. The number of hydrogen-bond acceptors (Lipinski definition) is 4. The maximum Gasteiger partial charge on any atom is 0.161 e. The Bertz CT molecular complexity index is 592. The van der Waals surface area contributed by atoms with E-state index in [1.807, 2.05) is 18.4 Å². The van der Waals surface area contributed by atoms with Gasteiger partial charge in [-0.05, 0) is 35.0 Å². The molecule has 1 atom stereocenters. The lowest BCUT2D eigenvalue weighted by atomic mass is 10.2. The molecule has 0 radical (unpaired) electrons. The Kier molecular flexibility index (Phi) is 3.94. The molecule has 92 valence electrons. The Morgan fingerprint density at radius 2 is 2.33 bits per heavy atom. The highest BCUT2D eigenvalue weighted by atomic mass is 79.9. The fourth-order valence-electron chi connectivity index (χ4n) is 1.49. The van der Waals surface area contributed by atoms with Gasteiger partial charge in [0.2, 0.25) is 0 Å². The summed E-state index contributed by atoms with van der Waals surface area (Å²) in [5.74, 6) is -0.461. The van der Waals surface area contributed by atoms with Crippen LogP contribution in [0.1, 0.15) is 23.5 Å². The second-order valence-corrected chi connectivity index (χ2v) is 5.36. The minimum absolute atomic E-state index is 0.0839. The Labute approximate surface area is 116 Å². The van der Waals surface area contributed by atoms with Gasteiger partial charge in [0.15, 0.2) is 5.82 Å². The summed E-state index contributed by atoms with van der Waals surface area (Å²) in [6, 6.07) is 4.97. The summed E-state index contributed by atoms with van der Waals surface area (Å²) in [6.07, 6.45) is 1.71. The molecule has 2 aromatic rings. The molecule has 0 amide bonds. The highest BCUT2D eigenvalue weighted by Gasteiger charge is 2.14. The molecule has 0 spiro atoms. The minimum Gasteiger partial charge on any atom is -0.374 e. The Morgan fingerprint density at radius 3 is 2.94 bits per heavy atom. The molecule has 3 nitrogen and oxygen atoms in total. The molecular formula is C12H9BrFN3S.